The van der Waals surface area contributed by atoms with Crippen LogP contribution in [0.15, 0.2) is 24.3 Å². The second kappa shape index (κ2) is 8.43. The third-order valence-electron chi connectivity index (χ3n) is 4.34. The van der Waals surface area contributed by atoms with Crippen LogP contribution >= 0.6 is 11.3 Å². The smallest absolute Gasteiger partial charge is 0.321 e. The molecule has 2 aromatic rings. The maximum absolute atomic E-state index is 13.0. The minimum atomic E-state index is -0.361. The van der Waals surface area contributed by atoms with Gasteiger partial charge in [-0.3, -0.25) is 4.79 Å². The summed E-state index contributed by atoms with van der Waals surface area (Å²) in [6.07, 6.45) is 1.45. The lowest BCUT2D eigenvalue weighted by atomic mass is 9.97. The maximum atomic E-state index is 13.0. The highest BCUT2D eigenvalue weighted by molar-refractivity contribution is 7.15. The first-order valence-corrected chi connectivity index (χ1v) is 9.70. The third-order valence-corrected chi connectivity index (χ3v) is 5.48. The number of carbonyl (C=O) groups excluding carboxylic acids is 2. The van der Waals surface area contributed by atoms with E-state index in [0.717, 1.165) is 11.4 Å². The number of carbonyl (C=O) groups is 2. The molecule has 1 fully saturated rings. The zero-order chi connectivity index (χ0) is 19.4. The molecular weight excluding hydrogens is 369 g/mol. The molecular formula is C18H22FN5O2S. The molecule has 1 aliphatic rings. The van der Waals surface area contributed by atoms with Gasteiger partial charge in [0.15, 0.2) is 0 Å². The third kappa shape index (κ3) is 5.00. The number of rotatable bonds is 4. The zero-order valence-electron chi connectivity index (χ0n) is 15.2. The Balaban J connectivity index is 1.56. The summed E-state index contributed by atoms with van der Waals surface area (Å²) in [7, 11) is 0. The first-order valence-electron chi connectivity index (χ1n) is 8.88. The summed E-state index contributed by atoms with van der Waals surface area (Å²) in [6.45, 7) is 4.94. The molecule has 1 aromatic carbocycles. The number of benzene rings is 1. The fourth-order valence-corrected chi connectivity index (χ4v) is 3.59. The predicted molar refractivity (Wildman–Crippen MR) is 102 cm³/mol. The summed E-state index contributed by atoms with van der Waals surface area (Å²) in [6, 6.07) is 5.29. The van der Waals surface area contributed by atoms with Gasteiger partial charge in [-0.15, -0.1) is 10.2 Å². The Labute approximate surface area is 161 Å². The van der Waals surface area contributed by atoms with Crippen LogP contribution in [0, 0.1) is 11.7 Å². The Morgan fingerprint density at radius 3 is 2.63 bits per heavy atom. The molecule has 9 heteroatoms. The number of urea groups is 1. The Bertz CT molecular complexity index is 808. The summed E-state index contributed by atoms with van der Waals surface area (Å²) >= 11 is 1.37. The Kier molecular flexibility index (Phi) is 6.00. The summed E-state index contributed by atoms with van der Waals surface area (Å²) in [5, 5.41) is 15.0. The SMILES string of the molecule is CC(C)c1nnc(NC(=O)[C@@H]2CCCN(C(=O)Nc3ccc(F)cc3)C2)s1. The summed E-state index contributed by atoms with van der Waals surface area (Å²) in [5.74, 6) is -0.557. The Morgan fingerprint density at radius 2 is 1.96 bits per heavy atom. The molecule has 0 saturated carbocycles. The molecule has 1 aliphatic heterocycles. The molecule has 1 atom stereocenters. The molecule has 2 N–H and O–H groups in total. The molecule has 144 valence electrons. The lowest BCUT2D eigenvalue weighted by molar-refractivity contribution is -0.121. The molecule has 3 rings (SSSR count). The fourth-order valence-electron chi connectivity index (χ4n) is 2.84. The van der Waals surface area contributed by atoms with Crippen molar-refractivity contribution in [1.29, 1.82) is 0 Å². The molecule has 2 heterocycles. The largest absolute Gasteiger partial charge is 0.324 e. The number of likely N-dealkylation sites (tertiary alicyclic amines) is 1. The number of hydrogen-bond donors (Lipinski definition) is 2. The molecule has 27 heavy (non-hydrogen) atoms. The lowest BCUT2D eigenvalue weighted by Crippen LogP contribution is -2.45. The van der Waals surface area contributed by atoms with Crippen LogP contribution in [-0.2, 0) is 4.79 Å². The van der Waals surface area contributed by atoms with Crippen molar-refractivity contribution in [3.63, 3.8) is 0 Å². The van der Waals surface area contributed by atoms with E-state index in [1.54, 1.807) is 4.90 Å². The average molecular weight is 391 g/mol. The number of nitrogens with zero attached hydrogens (tertiary/aromatic N) is 3. The number of amides is 3. The number of nitrogens with one attached hydrogen (secondary N) is 2. The van der Waals surface area contributed by atoms with Gasteiger partial charge in [0.05, 0.1) is 5.92 Å². The van der Waals surface area contributed by atoms with Gasteiger partial charge in [0.25, 0.3) is 0 Å². The van der Waals surface area contributed by atoms with Gasteiger partial charge in [0.2, 0.25) is 11.0 Å². The van der Waals surface area contributed by atoms with Gasteiger partial charge >= 0.3 is 6.03 Å². The standard InChI is InChI=1S/C18H22FN5O2S/c1-11(2)16-22-23-17(27-16)21-15(25)12-4-3-9-24(10-12)18(26)20-14-7-5-13(19)6-8-14/h5-8,11-12H,3-4,9-10H2,1-2H3,(H,20,26)(H,21,23,25)/t12-/m1/s1. The van der Waals surface area contributed by atoms with Crippen molar-refractivity contribution in [2.75, 3.05) is 23.7 Å². The maximum Gasteiger partial charge on any atom is 0.321 e. The van der Waals surface area contributed by atoms with Gasteiger partial charge in [0, 0.05) is 24.7 Å². The van der Waals surface area contributed by atoms with Crippen LogP contribution in [0.1, 0.15) is 37.6 Å². The fraction of sp³-hybridized carbons (Fsp3) is 0.444. The van der Waals surface area contributed by atoms with Gasteiger partial charge in [-0.25, -0.2) is 9.18 Å². The average Bonchev–Trinajstić information content (AvgIpc) is 3.12. The van der Waals surface area contributed by atoms with Gasteiger partial charge < -0.3 is 15.5 Å². The lowest BCUT2D eigenvalue weighted by Gasteiger charge is -2.31. The number of hydrogen-bond acceptors (Lipinski definition) is 5. The molecule has 0 spiro atoms. The number of piperidine rings is 1. The first kappa shape index (κ1) is 19.2. The van der Waals surface area contributed by atoms with Crippen molar-refractivity contribution in [3.8, 4) is 0 Å². The molecule has 1 aromatic heterocycles. The van der Waals surface area contributed by atoms with Crippen molar-refractivity contribution < 1.29 is 14.0 Å². The Morgan fingerprint density at radius 1 is 1.22 bits per heavy atom. The molecule has 7 nitrogen and oxygen atoms in total. The van der Waals surface area contributed by atoms with Crippen molar-refractivity contribution in [2.24, 2.45) is 5.92 Å². The van der Waals surface area contributed by atoms with E-state index in [2.05, 4.69) is 20.8 Å². The number of aromatic nitrogens is 2. The molecule has 3 amide bonds. The zero-order valence-corrected chi connectivity index (χ0v) is 16.1. The summed E-state index contributed by atoms with van der Waals surface area (Å²) in [4.78, 5) is 26.6. The van der Waals surface area contributed by atoms with Gasteiger partial charge in [-0.1, -0.05) is 25.2 Å². The van der Waals surface area contributed by atoms with E-state index in [-0.39, 0.29) is 29.6 Å². The summed E-state index contributed by atoms with van der Waals surface area (Å²) in [5.41, 5.74) is 0.517. The van der Waals surface area contributed by atoms with Crippen molar-refractivity contribution in [3.05, 3.63) is 35.1 Å². The van der Waals surface area contributed by atoms with E-state index < -0.39 is 0 Å². The number of anilines is 2. The van der Waals surface area contributed by atoms with Crippen LogP contribution in [0.4, 0.5) is 20.0 Å². The van der Waals surface area contributed by atoms with E-state index in [0.29, 0.717) is 30.3 Å². The minimum Gasteiger partial charge on any atom is -0.324 e. The van der Waals surface area contributed by atoms with E-state index in [4.69, 9.17) is 0 Å². The van der Waals surface area contributed by atoms with Crippen LogP contribution in [0.5, 0.6) is 0 Å². The van der Waals surface area contributed by atoms with Gasteiger partial charge in [-0.05, 0) is 37.1 Å². The van der Waals surface area contributed by atoms with Crippen molar-refractivity contribution in [1.82, 2.24) is 15.1 Å². The molecule has 0 bridgehead atoms. The predicted octanol–water partition coefficient (Wildman–Crippen LogP) is 3.68. The monoisotopic (exact) mass is 391 g/mol. The van der Waals surface area contributed by atoms with Crippen LogP contribution in [-0.4, -0.2) is 40.1 Å². The Hall–Kier alpha value is -2.55. The van der Waals surface area contributed by atoms with Crippen LogP contribution in [0.2, 0.25) is 0 Å². The van der Waals surface area contributed by atoms with E-state index >= 15 is 0 Å². The van der Waals surface area contributed by atoms with E-state index in [1.165, 1.54) is 35.6 Å². The van der Waals surface area contributed by atoms with Crippen LogP contribution in [0.25, 0.3) is 0 Å². The molecule has 1 saturated heterocycles. The highest BCUT2D eigenvalue weighted by Gasteiger charge is 2.29. The normalized spacial score (nSPS) is 17.0. The molecule has 0 unspecified atom stereocenters. The van der Waals surface area contributed by atoms with Gasteiger partial charge in [0.1, 0.15) is 10.8 Å². The minimum absolute atomic E-state index is 0.152. The van der Waals surface area contributed by atoms with Gasteiger partial charge in [-0.2, -0.15) is 0 Å². The highest BCUT2D eigenvalue weighted by atomic mass is 32.1. The van der Waals surface area contributed by atoms with E-state index in [1.807, 2.05) is 13.8 Å². The second-order valence-corrected chi connectivity index (χ2v) is 7.82. The number of halogens is 1. The second-order valence-electron chi connectivity index (χ2n) is 6.81. The van der Waals surface area contributed by atoms with Crippen molar-refractivity contribution in [2.45, 2.75) is 32.6 Å². The van der Waals surface area contributed by atoms with Crippen LogP contribution in [0.3, 0.4) is 0 Å². The van der Waals surface area contributed by atoms with Crippen LogP contribution < -0.4 is 10.6 Å². The topological polar surface area (TPSA) is 87.2 Å². The molecule has 0 aliphatic carbocycles. The highest BCUT2D eigenvalue weighted by Crippen LogP contribution is 2.24. The summed E-state index contributed by atoms with van der Waals surface area (Å²) < 4.78 is 13.0. The molecule has 0 radical (unpaired) electrons. The van der Waals surface area contributed by atoms with E-state index in [9.17, 15) is 14.0 Å². The van der Waals surface area contributed by atoms with Crippen molar-refractivity contribution >= 4 is 34.1 Å². The quantitative estimate of drug-likeness (QED) is 0.832. The first-order chi connectivity index (χ1) is 12.9.